The van der Waals surface area contributed by atoms with Gasteiger partial charge in [-0.05, 0) is 39.3 Å². The third-order valence-corrected chi connectivity index (χ3v) is 4.09. The first-order valence-electron chi connectivity index (χ1n) is 7.69. The van der Waals surface area contributed by atoms with Crippen molar-refractivity contribution in [3.05, 3.63) is 16.4 Å². The smallest absolute Gasteiger partial charge is 0.392 e. The minimum absolute atomic E-state index is 0.0909. The molecule has 0 radical (unpaired) electrons. The van der Waals surface area contributed by atoms with Gasteiger partial charge in [0.2, 0.25) is 11.8 Å². The molecule has 0 unspecified atom stereocenters. The molecule has 118 valence electrons. The van der Waals surface area contributed by atoms with Gasteiger partial charge in [-0.1, -0.05) is 13.3 Å². The molecule has 1 aliphatic rings. The van der Waals surface area contributed by atoms with Gasteiger partial charge in [-0.3, -0.25) is 9.69 Å². The lowest BCUT2D eigenvalue weighted by Crippen LogP contribution is -2.48. The number of nitrogens with zero attached hydrogens (tertiary/aromatic N) is 2. The number of piperidine rings is 1. The van der Waals surface area contributed by atoms with Crippen molar-refractivity contribution >= 4 is 5.91 Å². The molecule has 7 heteroatoms. The third kappa shape index (κ3) is 4.17. The second kappa shape index (κ2) is 7.40. The zero-order valence-electron chi connectivity index (χ0n) is 12.7. The Morgan fingerprint density at radius 1 is 1.52 bits per heavy atom. The first kappa shape index (κ1) is 15.8. The van der Waals surface area contributed by atoms with Gasteiger partial charge >= 0.3 is 5.76 Å². The number of carbonyl (C=O) groups excluding carboxylic acids is 1. The Kier molecular flexibility index (Phi) is 5.55. The van der Waals surface area contributed by atoms with Crippen LogP contribution in [0.5, 0.6) is 0 Å². The summed E-state index contributed by atoms with van der Waals surface area (Å²) in [6.45, 7) is 6.41. The van der Waals surface area contributed by atoms with Crippen LogP contribution in [-0.4, -0.2) is 46.7 Å². The highest BCUT2D eigenvalue weighted by Gasteiger charge is 2.29. The van der Waals surface area contributed by atoms with E-state index in [1.54, 1.807) is 0 Å². The Morgan fingerprint density at radius 3 is 2.81 bits per heavy atom. The zero-order chi connectivity index (χ0) is 15.2. The lowest BCUT2D eigenvalue weighted by Gasteiger charge is -2.34. The average Bonchev–Trinajstić information content (AvgIpc) is 2.93. The Bertz CT molecular complexity index is 502. The molecule has 1 atom stereocenters. The van der Waals surface area contributed by atoms with Crippen LogP contribution in [0.15, 0.2) is 9.21 Å². The van der Waals surface area contributed by atoms with Gasteiger partial charge < -0.3 is 9.73 Å². The first-order chi connectivity index (χ1) is 10.1. The van der Waals surface area contributed by atoms with E-state index in [0.29, 0.717) is 5.89 Å². The van der Waals surface area contributed by atoms with E-state index in [1.807, 2.05) is 6.92 Å². The summed E-state index contributed by atoms with van der Waals surface area (Å²) in [7, 11) is 0. The van der Waals surface area contributed by atoms with Gasteiger partial charge in [-0.25, -0.2) is 9.89 Å². The number of aromatic nitrogens is 2. The molecule has 1 amide bonds. The van der Waals surface area contributed by atoms with Crippen molar-refractivity contribution in [3.63, 3.8) is 0 Å². The number of unbranched alkanes of at least 4 members (excludes halogenated alkanes) is 1. The number of hydrogen-bond acceptors (Lipinski definition) is 5. The number of carbonyl (C=O) groups is 1. The van der Waals surface area contributed by atoms with E-state index >= 15 is 0 Å². The molecule has 2 N–H and O–H groups in total. The van der Waals surface area contributed by atoms with E-state index < -0.39 is 5.76 Å². The van der Waals surface area contributed by atoms with E-state index in [4.69, 9.17) is 4.42 Å². The number of amides is 1. The Balaban J connectivity index is 1.80. The molecule has 0 aromatic carbocycles. The zero-order valence-corrected chi connectivity index (χ0v) is 12.7. The molecular formula is C14H24N4O3. The highest BCUT2D eigenvalue weighted by Crippen LogP contribution is 2.26. The minimum Gasteiger partial charge on any atom is -0.392 e. The monoisotopic (exact) mass is 296 g/mol. The van der Waals surface area contributed by atoms with Crippen molar-refractivity contribution in [1.29, 1.82) is 0 Å². The van der Waals surface area contributed by atoms with Crippen LogP contribution in [-0.2, 0) is 4.79 Å². The first-order valence-corrected chi connectivity index (χ1v) is 7.69. The van der Waals surface area contributed by atoms with E-state index in [2.05, 4.69) is 27.3 Å². The minimum atomic E-state index is -0.504. The maximum absolute atomic E-state index is 12.0. The molecule has 1 aliphatic heterocycles. The number of hydrogen-bond donors (Lipinski definition) is 2. The highest BCUT2D eigenvalue weighted by molar-refractivity contribution is 5.81. The molecule has 2 heterocycles. The molecule has 1 saturated heterocycles. The molecule has 2 rings (SSSR count). The summed E-state index contributed by atoms with van der Waals surface area (Å²) < 4.78 is 5.01. The molecule has 1 fully saturated rings. The lowest BCUT2D eigenvalue weighted by atomic mass is 9.96. The molecule has 0 saturated carbocycles. The summed E-state index contributed by atoms with van der Waals surface area (Å²) in [6.07, 6.45) is 3.79. The SMILES string of the molecule is CCCCNC(=O)[C@H](C)N1CCC(c2n[nH]c(=O)o2)CC1. The van der Waals surface area contributed by atoms with Crippen LogP contribution in [0.25, 0.3) is 0 Å². The van der Waals surface area contributed by atoms with Crippen LogP contribution in [0.1, 0.15) is 51.3 Å². The topological polar surface area (TPSA) is 91.2 Å². The number of aromatic amines is 1. The van der Waals surface area contributed by atoms with Crippen LogP contribution in [0, 0.1) is 0 Å². The Labute approximate surface area is 124 Å². The summed E-state index contributed by atoms with van der Waals surface area (Å²) in [5.74, 6) is 0.236. The third-order valence-electron chi connectivity index (χ3n) is 4.09. The second-order valence-corrected chi connectivity index (χ2v) is 5.58. The number of nitrogens with one attached hydrogen (secondary N) is 2. The molecule has 1 aromatic heterocycles. The summed E-state index contributed by atoms with van der Waals surface area (Å²) in [5.41, 5.74) is 0. The van der Waals surface area contributed by atoms with Crippen LogP contribution in [0.2, 0.25) is 0 Å². The van der Waals surface area contributed by atoms with Gasteiger partial charge in [0.05, 0.1) is 6.04 Å². The lowest BCUT2D eigenvalue weighted by molar-refractivity contribution is -0.126. The van der Waals surface area contributed by atoms with Crippen LogP contribution in [0.4, 0.5) is 0 Å². The predicted octanol–water partition coefficient (Wildman–Crippen LogP) is 0.847. The van der Waals surface area contributed by atoms with Gasteiger partial charge in [0.1, 0.15) is 0 Å². The Morgan fingerprint density at radius 2 is 2.24 bits per heavy atom. The van der Waals surface area contributed by atoms with Gasteiger partial charge in [0, 0.05) is 12.5 Å². The summed E-state index contributed by atoms with van der Waals surface area (Å²) in [4.78, 5) is 25.2. The van der Waals surface area contributed by atoms with Crippen molar-refractivity contribution in [2.24, 2.45) is 0 Å². The molecule has 1 aromatic rings. The van der Waals surface area contributed by atoms with E-state index in [-0.39, 0.29) is 17.9 Å². The maximum Gasteiger partial charge on any atom is 0.434 e. The molecule has 7 nitrogen and oxygen atoms in total. The normalized spacial score (nSPS) is 18.6. The maximum atomic E-state index is 12.0. The van der Waals surface area contributed by atoms with E-state index in [9.17, 15) is 9.59 Å². The highest BCUT2D eigenvalue weighted by atomic mass is 16.4. The van der Waals surface area contributed by atoms with E-state index in [1.165, 1.54) is 0 Å². The number of likely N-dealkylation sites (tertiary alicyclic amines) is 1. The molecule has 21 heavy (non-hydrogen) atoms. The number of H-pyrrole nitrogens is 1. The van der Waals surface area contributed by atoms with Crippen molar-refractivity contribution < 1.29 is 9.21 Å². The molecule has 0 spiro atoms. The van der Waals surface area contributed by atoms with Gasteiger partial charge in [0.15, 0.2) is 0 Å². The predicted molar refractivity (Wildman–Crippen MR) is 78.1 cm³/mol. The van der Waals surface area contributed by atoms with Gasteiger partial charge in [0.25, 0.3) is 0 Å². The fourth-order valence-corrected chi connectivity index (χ4v) is 2.65. The summed E-state index contributed by atoms with van der Waals surface area (Å²) >= 11 is 0. The largest absolute Gasteiger partial charge is 0.434 e. The Hall–Kier alpha value is -1.63. The fraction of sp³-hybridized carbons (Fsp3) is 0.786. The fourth-order valence-electron chi connectivity index (χ4n) is 2.65. The van der Waals surface area contributed by atoms with Crippen LogP contribution < -0.4 is 11.1 Å². The van der Waals surface area contributed by atoms with Crippen molar-refractivity contribution in [2.75, 3.05) is 19.6 Å². The van der Waals surface area contributed by atoms with Crippen molar-refractivity contribution in [3.8, 4) is 0 Å². The van der Waals surface area contributed by atoms with E-state index in [0.717, 1.165) is 45.3 Å². The van der Waals surface area contributed by atoms with Crippen molar-refractivity contribution in [2.45, 2.75) is 51.5 Å². The summed E-state index contributed by atoms with van der Waals surface area (Å²) in [5, 5.41) is 9.16. The summed E-state index contributed by atoms with van der Waals surface area (Å²) in [6, 6.07) is -0.117. The molecular weight excluding hydrogens is 272 g/mol. The molecule has 0 bridgehead atoms. The van der Waals surface area contributed by atoms with Crippen LogP contribution in [0.3, 0.4) is 0 Å². The van der Waals surface area contributed by atoms with Gasteiger partial charge in [-0.2, -0.15) is 0 Å². The standard InChI is InChI=1S/C14H24N4O3/c1-3-4-7-15-12(19)10(2)18-8-5-11(6-9-18)13-16-17-14(20)21-13/h10-11H,3-9H2,1-2H3,(H,15,19)(H,17,20)/t10-/m0/s1. The average molecular weight is 296 g/mol. The van der Waals surface area contributed by atoms with Crippen molar-refractivity contribution in [1.82, 2.24) is 20.4 Å². The second-order valence-electron chi connectivity index (χ2n) is 5.58. The number of rotatable bonds is 6. The van der Waals surface area contributed by atoms with Crippen LogP contribution >= 0.6 is 0 Å². The van der Waals surface area contributed by atoms with Gasteiger partial charge in [-0.15, -0.1) is 5.10 Å². The quantitative estimate of drug-likeness (QED) is 0.759. The molecule has 0 aliphatic carbocycles.